The molecule has 0 aromatic heterocycles. The number of methoxy groups -OCH3 is 1. The maximum Gasteiger partial charge on any atom is 0.152 e. The molecule has 0 amide bonds. The summed E-state index contributed by atoms with van der Waals surface area (Å²) in [6.45, 7) is 6.83. The van der Waals surface area contributed by atoms with Crippen molar-refractivity contribution in [2.75, 3.05) is 25.2 Å². The molecule has 1 heterocycles. The number of hydrogen-bond acceptors (Lipinski definition) is 4. The Hall–Kier alpha value is -0.130. The van der Waals surface area contributed by atoms with Gasteiger partial charge in [-0.05, 0) is 40.2 Å². The van der Waals surface area contributed by atoms with E-state index in [2.05, 4.69) is 5.32 Å². The molecule has 0 spiro atoms. The maximum absolute atomic E-state index is 11.4. The molecule has 0 bridgehead atoms. The normalized spacial score (nSPS) is 29.5. The molecule has 16 heavy (non-hydrogen) atoms. The molecule has 96 valence electrons. The zero-order valence-corrected chi connectivity index (χ0v) is 11.5. The second-order valence-electron chi connectivity index (χ2n) is 5.54. The van der Waals surface area contributed by atoms with E-state index in [0.29, 0.717) is 12.2 Å². The highest BCUT2D eigenvalue weighted by Gasteiger charge is 2.37. The van der Waals surface area contributed by atoms with Gasteiger partial charge in [-0.25, -0.2) is 8.42 Å². The lowest BCUT2D eigenvalue weighted by Crippen LogP contribution is -2.45. The van der Waals surface area contributed by atoms with Crippen molar-refractivity contribution in [3.8, 4) is 0 Å². The van der Waals surface area contributed by atoms with Crippen LogP contribution in [0.4, 0.5) is 0 Å². The van der Waals surface area contributed by atoms with Crippen LogP contribution in [0, 0.1) is 0 Å². The Balaban J connectivity index is 2.39. The van der Waals surface area contributed by atoms with Crippen molar-refractivity contribution < 1.29 is 13.2 Å². The SMILES string of the molecule is COC(C)(C)CCNC1(C)CCS(=O)(=O)C1. The average molecular weight is 249 g/mol. The fraction of sp³-hybridized carbons (Fsp3) is 1.00. The minimum absolute atomic E-state index is 0.152. The van der Waals surface area contributed by atoms with Crippen molar-refractivity contribution in [3.63, 3.8) is 0 Å². The van der Waals surface area contributed by atoms with Gasteiger partial charge in [0, 0.05) is 12.6 Å². The maximum atomic E-state index is 11.4. The molecule has 0 aromatic carbocycles. The monoisotopic (exact) mass is 249 g/mol. The van der Waals surface area contributed by atoms with Gasteiger partial charge in [0.15, 0.2) is 9.84 Å². The lowest BCUT2D eigenvalue weighted by atomic mass is 10.00. The van der Waals surface area contributed by atoms with E-state index in [0.717, 1.165) is 13.0 Å². The first-order valence-corrected chi connectivity index (χ1v) is 7.51. The number of rotatable bonds is 5. The molecule has 5 heteroatoms. The van der Waals surface area contributed by atoms with Crippen molar-refractivity contribution in [2.24, 2.45) is 0 Å². The van der Waals surface area contributed by atoms with E-state index in [-0.39, 0.29) is 16.9 Å². The molecule has 1 unspecified atom stereocenters. The number of hydrogen-bond donors (Lipinski definition) is 1. The Morgan fingerprint density at radius 3 is 2.50 bits per heavy atom. The Bertz CT molecular complexity index is 337. The van der Waals surface area contributed by atoms with E-state index in [1.165, 1.54) is 0 Å². The van der Waals surface area contributed by atoms with Crippen LogP contribution in [-0.2, 0) is 14.6 Å². The molecule has 1 aliphatic rings. The van der Waals surface area contributed by atoms with Crippen LogP contribution < -0.4 is 5.32 Å². The minimum atomic E-state index is -2.82. The quantitative estimate of drug-likeness (QED) is 0.789. The molecule has 1 atom stereocenters. The van der Waals surface area contributed by atoms with E-state index in [4.69, 9.17) is 4.74 Å². The van der Waals surface area contributed by atoms with Gasteiger partial charge < -0.3 is 10.1 Å². The fourth-order valence-electron chi connectivity index (χ4n) is 1.92. The molecule has 1 fully saturated rings. The molecule has 0 aromatic rings. The Morgan fingerprint density at radius 2 is 2.06 bits per heavy atom. The summed E-state index contributed by atoms with van der Waals surface area (Å²) >= 11 is 0. The smallest absolute Gasteiger partial charge is 0.152 e. The zero-order chi connectivity index (χ0) is 12.4. The van der Waals surface area contributed by atoms with Gasteiger partial charge in [-0.3, -0.25) is 0 Å². The summed E-state index contributed by atoms with van der Waals surface area (Å²) in [5.74, 6) is 0.567. The van der Waals surface area contributed by atoms with Gasteiger partial charge in [-0.15, -0.1) is 0 Å². The van der Waals surface area contributed by atoms with E-state index < -0.39 is 9.84 Å². The molecule has 1 rings (SSSR count). The van der Waals surface area contributed by atoms with Crippen LogP contribution in [0.25, 0.3) is 0 Å². The van der Waals surface area contributed by atoms with E-state index in [9.17, 15) is 8.42 Å². The summed E-state index contributed by atoms with van der Waals surface area (Å²) in [5.41, 5.74) is -0.399. The number of ether oxygens (including phenoxy) is 1. The highest BCUT2D eigenvalue weighted by atomic mass is 32.2. The average Bonchev–Trinajstić information content (AvgIpc) is 2.41. The first kappa shape index (κ1) is 13.9. The Morgan fingerprint density at radius 1 is 1.44 bits per heavy atom. The molecular weight excluding hydrogens is 226 g/mol. The first-order valence-electron chi connectivity index (χ1n) is 5.69. The van der Waals surface area contributed by atoms with Crippen molar-refractivity contribution in [1.29, 1.82) is 0 Å². The Labute approximate surface area is 98.7 Å². The molecular formula is C11H23NO3S. The highest BCUT2D eigenvalue weighted by Crippen LogP contribution is 2.23. The van der Waals surface area contributed by atoms with Crippen LogP contribution in [0.2, 0.25) is 0 Å². The lowest BCUT2D eigenvalue weighted by Gasteiger charge is -2.28. The fourth-order valence-corrected chi connectivity index (χ4v) is 4.04. The third kappa shape index (κ3) is 4.03. The van der Waals surface area contributed by atoms with Crippen LogP contribution in [-0.4, -0.2) is 44.7 Å². The second-order valence-corrected chi connectivity index (χ2v) is 7.73. The van der Waals surface area contributed by atoms with Crippen LogP contribution in [0.5, 0.6) is 0 Å². The predicted octanol–water partition coefficient (Wildman–Crippen LogP) is 0.968. The van der Waals surface area contributed by atoms with Crippen LogP contribution in [0.1, 0.15) is 33.6 Å². The molecule has 0 saturated carbocycles. The summed E-state index contributed by atoms with van der Waals surface area (Å²) in [5, 5.41) is 3.34. The van der Waals surface area contributed by atoms with E-state index in [1.807, 2.05) is 20.8 Å². The third-order valence-corrected chi connectivity index (χ3v) is 5.24. The largest absolute Gasteiger partial charge is 0.379 e. The Kier molecular flexibility index (Phi) is 4.03. The van der Waals surface area contributed by atoms with Gasteiger partial charge in [0.1, 0.15) is 0 Å². The summed E-state index contributed by atoms with van der Waals surface area (Å²) in [6, 6.07) is 0. The molecule has 0 radical (unpaired) electrons. The lowest BCUT2D eigenvalue weighted by molar-refractivity contribution is 0.0146. The molecule has 1 aliphatic heterocycles. The van der Waals surface area contributed by atoms with Crippen molar-refractivity contribution in [2.45, 2.75) is 44.8 Å². The minimum Gasteiger partial charge on any atom is -0.379 e. The third-order valence-electron chi connectivity index (χ3n) is 3.33. The van der Waals surface area contributed by atoms with E-state index >= 15 is 0 Å². The van der Waals surface area contributed by atoms with Crippen molar-refractivity contribution in [1.82, 2.24) is 5.32 Å². The second kappa shape index (κ2) is 4.63. The van der Waals surface area contributed by atoms with Crippen LogP contribution in [0.3, 0.4) is 0 Å². The number of nitrogens with one attached hydrogen (secondary N) is 1. The topological polar surface area (TPSA) is 55.4 Å². The van der Waals surface area contributed by atoms with Crippen molar-refractivity contribution in [3.05, 3.63) is 0 Å². The van der Waals surface area contributed by atoms with Crippen LogP contribution >= 0.6 is 0 Å². The molecule has 1 saturated heterocycles. The highest BCUT2D eigenvalue weighted by molar-refractivity contribution is 7.91. The standard InChI is InChI=1S/C11H23NO3S/c1-10(2,15-4)5-7-12-11(3)6-8-16(13,14)9-11/h12H,5-9H2,1-4H3. The molecule has 4 nitrogen and oxygen atoms in total. The van der Waals surface area contributed by atoms with E-state index in [1.54, 1.807) is 7.11 Å². The summed E-state index contributed by atoms with van der Waals surface area (Å²) in [4.78, 5) is 0. The van der Waals surface area contributed by atoms with Gasteiger partial charge in [-0.1, -0.05) is 0 Å². The predicted molar refractivity (Wildman–Crippen MR) is 65.4 cm³/mol. The summed E-state index contributed by atoms with van der Waals surface area (Å²) in [7, 11) is -1.12. The zero-order valence-electron chi connectivity index (χ0n) is 10.7. The summed E-state index contributed by atoms with van der Waals surface area (Å²) in [6.07, 6.45) is 1.59. The summed E-state index contributed by atoms with van der Waals surface area (Å²) < 4.78 is 28.1. The molecule has 1 N–H and O–H groups in total. The van der Waals surface area contributed by atoms with Crippen LogP contribution in [0.15, 0.2) is 0 Å². The molecule has 0 aliphatic carbocycles. The van der Waals surface area contributed by atoms with Gasteiger partial charge in [0.2, 0.25) is 0 Å². The number of sulfone groups is 1. The van der Waals surface area contributed by atoms with Gasteiger partial charge in [0.05, 0.1) is 17.1 Å². The van der Waals surface area contributed by atoms with Gasteiger partial charge in [-0.2, -0.15) is 0 Å². The van der Waals surface area contributed by atoms with Gasteiger partial charge in [0.25, 0.3) is 0 Å². The van der Waals surface area contributed by atoms with Crippen molar-refractivity contribution >= 4 is 9.84 Å². The van der Waals surface area contributed by atoms with Gasteiger partial charge >= 0.3 is 0 Å². The first-order chi connectivity index (χ1) is 7.18.